The maximum atomic E-state index is 14.0. The molecule has 3 nitrogen and oxygen atoms in total. The van der Waals surface area contributed by atoms with E-state index in [1.165, 1.54) is 6.07 Å². The molecule has 1 unspecified atom stereocenters. The molecule has 1 saturated heterocycles. The molecule has 0 spiro atoms. The largest absolute Gasteiger partial charge is 0.484 e. The Labute approximate surface area is 119 Å². The van der Waals surface area contributed by atoms with Crippen LogP contribution in [0.25, 0.3) is 0 Å². The van der Waals surface area contributed by atoms with Crippen LogP contribution >= 0.6 is 0 Å². The summed E-state index contributed by atoms with van der Waals surface area (Å²) in [5.41, 5.74) is -0.194. The van der Waals surface area contributed by atoms with Crippen molar-refractivity contribution in [2.24, 2.45) is 0 Å². The van der Waals surface area contributed by atoms with E-state index < -0.39 is 17.5 Å². The predicted molar refractivity (Wildman–Crippen MR) is 75.3 cm³/mol. The highest BCUT2D eigenvalue weighted by atomic mass is 19.1. The van der Waals surface area contributed by atoms with Crippen molar-refractivity contribution in [1.82, 2.24) is 0 Å². The van der Waals surface area contributed by atoms with Crippen LogP contribution in [-0.2, 0) is 4.74 Å². The van der Waals surface area contributed by atoms with Crippen LogP contribution < -0.4 is 4.74 Å². The third kappa shape index (κ3) is 3.13. The topological polar surface area (TPSA) is 38.7 Å². The van der Waals surface area contributed by atoms with Gasteiger partial charge in [0, 0.05) is 6.42 Å². The fourth-order valence-corrected chi connectivity index (χ4v) is 2.72. The van der Waals surface area contributed by atoms with Crippen molar-refractivity contribution < 1.29 is 19.0 Å². The van der Waals surface area contributed by atoms with E-state index in [-0.39, 0.29) is 17.5 Å². The average molecular weight is 282 g/mol. The average Bonchev–Trinajstić information content (AvgIpc) is 2.49. The highest BCUT2D eigenvalue weighted by Crippen LogP contribution is 2.40. The number of ether oxygens (including phenoxy) is 2. The first-order valence-corrected chi connectivity index (χ1v) is 6.95. The molecule has 1 fully saturated rings. The smallest absolute Gasteiger partial charge is 0.165 e. The van der Waals surface area contributed by atoms with Crippen LogP contribution in [-0.4, -0.2) is 22.4 Å². The van der Waals surface area contributed by atoms with Crippen molar-refractivity contribution >= 4 is 0 Å². The zero-order valence-electron chi connectivity index (χ0n) is 12.7. The van der Waals surface area contributed by atoms with Gasteiger partial charge in [-0.05, 0) is 52.3 Å². The van der Waals surface area contributed by atoms with Crippen LogP contribution in [0.15, 0.2) is 18.2 Å². The van der Waals surface area contributed by atoms with Gasteiger partial charge in [-0.1, -0.05) is 6.07 Å². The molecule has 1 N–H and O–H groups in total. The fourth-order valence-electron chi connectivity index (χ4n) is 2.72. The third-order valence-corrected chi connectivity index (χ3v) is 3.70. The summed E-state index contributed by atoms with van der Waals surface area (Å²) in [6.07, 6.45) is -0.189. The van der Waals surface area contributed by atoms with E-state index in [1.54, 1.807) is 19.1 Å². The fraction of sp³-hybridized carbons (Fsp3) is 0.625. The van der Waals surface area contributed by atoms with Crippen molar-refractivity contribution in [3.63, 3.8) is 0 Å². The molecule has 0 bridgehead atoms. The second-order valence-corrected chi connectivity index (χ2v) is 6.64. The minimum atomic E-state index is -0.691. The number of halogens is 1. The molecule has 0 radical (unpaired) electrons. The molecular weight excluding hydrogens is 259 g/mol. The highest BCUT2D eigenvalue weighted by molar-refractivity contribution is 5.30. The number of hydrogen-bond acceptors (Lipinski definition) is 3. The van der Waals surface area contributed by atoms with Gasteiger partial charge < -0.3 is 14.6 Å². The van der Waals surface area contributed by atoms with Gasteiger partial charge in [0.05, 0.1) is 11.7 Å². The Hall–Kier alpha value is -1.13. The summed E-state index contributed by atoms with van der Waals surface area (Å²) in [5.74, 6) is -0.252. The van der Waals surface area contributed by atoms with E-state index in [9.17, 15) is 9.50 Å². The maximum absolute atomic E-state index is 14.0. The molecule has 1 aromatic carbocycles. The number of rotatable bonds is 3. The summed E-state index contributed by atoms with van der Waals surface area (Å²) in [4.78, 5) is 0. The standard InChI is InChI=1S/C16H23FO3/c1-10(18)11-6-7-13(12(17)8-11)19-14-9-15(2,3)20-16(14,4)5/h6-8,10,14,18H,9H2,1-5H3/t10-,14?/m1/s1. The van der Waals surface area contributed by atoms with Gasteiger partial charge in [0.2, 0.25) is 0 Å². The van der Waals surface area contributed by atoms with Gasteiger partial charge in [-0.2, -0.15) is 0 Å². The molecule has 1 aliphatic heterocycles. The Morgan fingerprint density at radius 2 is 2.00 bits per heavy atom. The van der Waals surface area contributed by atoms with Crippen LogP contribution in [0.2, 0.25) is 0 Å². The molecule has 2 atom stereocenters. The quantitative estimate of drug-likeness (QED) is 0.920. The van der Waals surface area contributed by atoms with Gasteiger partial charge in [-0.3, -0.25) is 0 Å². The Bertz CT molecular complexity index is 494. The molecule has 1 aromatic rings. The van der Waals surface area contributed by atoms with Gasteiger partial charge in [0.15, 0.2) is 11.6 Å². The second kappa shape index (κ2) is 5.01. The Morgan fingerprint density at radius 1 is 1.35 bits per heavy atom. The zero-order chi connectivity index (χ0) is 15.1. The van der Waals surface area contributed by atoms with Crippen LogP contribution in [0.4, 0.5) is 4.39 Å². The lowest BCUT2D eigenvalue weighted by atomic mass is 9.97. The first kappa shape index (κ1) is 15.3. The molecule has 0 aromatic heterocycles. The number of benzene rings is 1. The van der Waals surface area contributed by atoms with Crippen molar-refractivity contribution in [1.29, 1.82) is 0 Å². The first-order valence-electron chi connectivity index (χ1n) is 6.95. The minimum absolute atomic E-state index is 0.203. The van der Waals surface area contributed by atoms with Gasteiger partial charge in [-0.25, -0.2) is 4.39 Å². The summed E-state index contributed by atoms with van der Waals surface area (Å²) in [5, 5.41) is 9.45. The lowest BCUT2D eigenvalue weighted by Crippen LogP contribution is -2.36. The molecule has 112 valence electrons. The van der Waals surface area contributed by atoms with Gasteiger partial charge >= 0.3 is 0 Å². The maximum Gasteiger partial charge on any atom is 0.165 e. The van der Waals surface area contributed by atoms with Gasteiger partial charge in [0.25, 0.3) is 0 Å². The summed E-state index contributed by atoms with van der Waals surface area (Å²) in [6, 6.07) is 4.56. The number of aliphatic hydroxyl groups excluding tert-OH is 1. The third-order valence-electron chi connectivity index (χ3n) is 3.70. The Morgan fingerprint density at radius 3 is 2.45 bits per heavy atom. The predicted octanol–water partition coefficient (Wildman–Crippen LogP) is 3.60. The van der Waals surface area contributed by atoms with Crippen LogP contribution in [0, 0.1) is 5.82 Å². The molecule has 4 heteroatoms. The van der Waals surface area contributed by atoms with Crippen molar-refractivity contribution in [2.75, 3.05) is 0 Å². The summed E-state index contributed by atoms with van der Waals surface area (Å²) >= 11 is 0. The van der Waals surface area contributed by atoms with E-state index in [0.717, 1.165) is 0 Å². The van der Waals surface area contributed by atoms with Gasteiger partial charge in [0.1, 0.15) is 11.7 Å². The van der Waals surface area contributed by atoms with E-state index in [1.807, 2.05) is 27.7 Å². The summed E-state index contributed by atoms with van der Waals surface area (Å²) < 4.78 is 25.8. The molecular formula is C16H23FO3. The second-order valence-electron chi connectivity index (χ2n) is 6.64. The van der Waals surface area contributed by atoms with E-state index in [0.29, 0.717) is 12.0 Å². The SMILES string of the molecule is C[C@@H](O)c1ccc(OC2CC(C)(C)OC2(C)C)c(F)c1. The zero-order valence-corrected chi connectivity index (χ0v) is 12.7. The Kier molecular flexibility index (Phi) is 3.82. The molecule has 0 amide bonds. The van der Waals surface area contributed by atoms with E-state index in [2.05, 4.69) is 0 Å². The van der Waals surface area contributed by atoms with Crippen LogP contribution in [0.3, 0.4) is 0 Å². The van der Waals surface area contributed by atoms with E-state index >= 15 is 0 Å². The van der Waals surface area contributed by atoms with Gasteiger partial charge in [-0.15, -0.1) is 0 Å². The molecule has 0 aliphatic carbocycles. The summed E-state index contributed by atoms with van der Waals surface area (Å²) in [6.45, 7) is 9.52. The minimum Gasteiger partial charge on any atom is -0.484 e. The number of aliphatic hydroxyl groups is 1. The van der Waals surface area contributed by atoms with Crippen molar-refractivity contribution in [2.45, 2.75) is 64.4 Å². The molecule has 2 rings (SSSR count). The lowest BCUT2D eigenvalue weighted by molar-refractivity contribution is -0.0849. The van der Waals surface area contributed by atoms with Crippen molar-refractivity contribution in [3.05, 3.63) is 29.6 Å². The lowest BCUT2D eigenvalue weighted by Gasteiger charge is -2.27. The van der Waals surface area contributed by atoms with Crippen LogP contribution in [0.1, 0.15) is 52.7 Å². The van der Waals surface area contributed by atoms with E-state index in [4.69, 9.17) is 9.47 Å². The highest BCUT2D eigenvalue weighted by Gasteiger charge is 2.47. The first-order chi connectivity index (χ1) is 9.11. The normalized spacial score (nSPS) is 25.4. The monoisotopic (exact) mass is 282 g/mol. The Balaban J connectivity index is 2.18. The summed E-state index contributed by atoms with van der Waals surface area (Å²) in [7, 11) is 0. The molecule has 1 aliphatic rings. The number of hydrogen-bond donors (Lipinski definition) is 1. The van der Waals surface area contributed by atoms with Crippen molar-refractivity contribution in [3.8, 4) is 5.75 Å². The molecule has 0 saturated carbocycles. The van der Waals surface area contributed by atoms with Crippen LogP contribution in [0.5, 0.6) is 5.75 Å². The molecule has 1 heterocycles. The molecule has 20 heavy (non-hydrogen) atoms.